The summed E-state index contributed by atoms with van der Waals surface area (Å²) in [6, 6.07) is 11.8. The van der Waals surface area contributed by atoms with E-state index in [9.17, 15) is 8.42 Å². The zero-order valence-corrected chi connectivity index (χ0v) is 12.9. The fourth-order valence-electron chi connectivity index (χ4n) is 2.05. The normalized spacial score (nSPS) is 11.7. The van der Waals surface area contributed by atoms with Gasteiger partial charge >= 0.3 is 0 Å². The van der Waals surface area contributed by atoms with Gasteiger partial charge in [0.2, 0.25) is 16.0 Å². The minimum atomic E-state index is -3.66. The van der Waals surface area contributed by atoms with E-state index in [4.69, 9.17) is 16.7 Å². The number of fused-ring (bicyclic) bond motifs is 1. The van der Waals surface area contributed by atoms with Crippen molar-refractivity contribution in [2.75, 3.05) is 5.32 Å². The maximum absolute atomic E-state index is 11.2. The van der Waals surface area contributed by atoms with Crippen molar-refractivity contribution >= 4 is 38.6 Å². The SMILES string of the molecule is NS(=O)(=O)c1ccc(CNc2nc3ccc(Cl)cc3[nH]2)cc1. The molecule has 4 N–H and O–H groups in total. The Bertz CT molecular complexity index is 920. The summed E-state index contributed by atoms with van der Waals surface area (Å²) in [5.41, 5.74) is 2.57. The van der Waals surface area contributed by atoms with Crippen LogP contribution in [-0.4, -0.2) is 18.4 Å². The molecule has 0 bridgehead atoms. The van der Waals surface area contributed by atoms with Crippen LogP contribution in [0.1, 0.15) is 5.56 Å². The van der Waals surface area contributed by atoms with Crippen molar-refractivity contribution in [2.45, 2.75) is 11.4 Å². The number of nitrogens with zero attached hydrogens (tertiary/aromatic N) is 1. The van der Waals surface area contributed by atoms with Crippen molar-refractivity contribution < 1.29 is 8.42 Å². The summed E-state index contributed by atoms with van der Waals surface area (Å²) in [4.78, 5) is 7.60. The van der Waals surface area contributed by atoms with Gasteiger partial charge in [-0.15, -0.1) is 0 Å². The molecule has 0 atom stereocenters. The molecule has 3 rings (SSSR count). The number of anilines is 1. The van der Waals surface area contributed by atoms with Gasteiger partial charge in [0.15, 0.2) is 0 Å². The summed E-state index contributed by atoms with van der Waals surface area (Å²) >= 11 is 5.93. The lowest BCUT2D eigenvalue weighted by Crippen LogP contribution is -2.12. The van der Waals surface area contributed by atoms with E-state index in [0.717, 1.165) is 16.6 Å². The second-order valence-electron chi connectivity index (χ2n) is 4.79. The molecule has 6 nitrogen and oxygen atoms in total. The summed E-state index contributed by atoms with van der Waals surface area (Å²) in [6.07, 6.45) is 0. The predicted molar refractivity (Wildman–Crippen MR) is 86.2 cm³/mol. The highest BCUT2D eigenvalue weighted by Crippen LogP contribution is 2.19. The third kappa shape index (κ3) is 3.22. The van der Waals surface area contributed by atoms with Gasteiger partial charge in [-0.25, -0.2) is 18.5 Å². The molecule has 114 valence electrons. The molecule has 2 aromatic carbocycles. The van der Waals surface area contributed by atoms with Crippen LogP contribution in [0, 0.1) is 0 Å². The zero-order valence-electron chi connectivity index (χ0n) is 11.4. The van der Waals surface area contributed by atoms with Gasteiger partial charge in [0.1, 0.15) is 0 Å². The van der Waals surface area contributed by atoms with Crippen LogP contribution in [0.5, 0.6) is 0 Å². The van der Waals surface area contributed by atoms with Crippen LogP contribution in [0.15, 0.2) is 47.4 Å². The first-order chi connectivity index (χ1) is 10.4. The second-order valence-corrected chi connectivity index (χ2v) is 6.79. The van der Waals surface area contributed by atoms with Crippen molar-refractivity contribution in [1.82, 2.24) is 9.97 Å². The third-order valence-electron chi connectivity index (χ3n) is 3.16. The smallest absolute Gasteiger partial charge is 0.238 e. The van der Waals surface area contributed by atoms with E-state index in [0.29, 0.717) is 17.5 Å². The van der Waals surface area contributed by atoms with Crippen LogP contribution in [0.3, 0.4) is 0 Å². The predicted octanol–water partition coefficient (Wildman–Crippen LogP) is 2.48. The molecule has 0 spiro atoms. The van der Waals surface area contributed by atoms with Crippen molar-refractivity contribution in [3.05, 3.63) is 53.1 Å². The van der Waals surface area contributed by atoms with Crippen molar-refractivity contribution in [3.8, 4) is 0 Å². The quantitative estimate of drug-likeness (QED) is 0.681. The number of sulfonamides is 1. The monoisotopic (exact) mass is 336 g/mol. The molecular weight excluding hydrogens is 324 g/mol. The fraction of sp³-hybridized carbons (Fsp3) is 0.0714. The number of hydrogen-bond donors (Lipinski definition) is 3. The molecule has 1 aromatic heterocycles. The lowest BCUT2D eigenvalue weighted by molar-refractivity contribution is 0.598. The van der Waals surface area contributed by atoms with Crippen LogP contribution < -0.4 is 10.5 Å². The molecule has 0 aliphatic rings. The van der Waals surface area contributed by atoms with Crippen molar-refractivity contribution in [1.29, 1.82) is 0 Å². The molecule has 3 aromatic rings. The van der Waals surface area contributed by atoms with Gasteiger partial charge < -0.3 is 10.3 Å². The first-order valence-corrected chi connectivity index (χ1v) is 8.35. The molecule has 0 unspecified atom stereocenters. The molecule has 0 amide bonds. The summed E-state index contributed by atoms with van der Waals surface area (Å²) < 4.78 is 22.4. The lowest BCUT2D eigenvalue weighted by atomic mass is 10.2. The number of nitrogens with two attached hydrogens (primary N) is 1. The lowest BCUT2D eigenvalue weighted by Gasteiger charge is -2.04. The summed E-state index contributed by atoms with van der Waals surface area (Å²) in [5.74, 6) is 0.618. The van der Waals surface area contributed by atoms with Gasteiger partial charge in [-0.05, 0) is 35.9 Å². The van der Waals surface area contributed by atoms with Gasteiger partial charge in [0.05, 0.1) is 15.9 Å². The van der Waals surface area contributed by atoms with Gasteiger partial charge in [-0.2, -0.15) is 0 Å². The van der Waals surface area contributed by atoms with E-state index in [1.807, 2.05) is 6.07 Å². The Kier molecular flexibility index (Phi) is 3.78. The number of hydrogen-bond acceptors (Lipinski definition) is 4. The van der Waals surface area contributed by atoms with Crippen LogP contribution in [-0.2, 0) is 16.6 Å². The molecule has 8 heteroatoms. The van der Waals surface area contributed by atoms with E-state index in [2.05, 4.69) is 15.3 Å². The standard InChI is InChI=1S/C14H13ClN4O2S/c15-10-3-6-12-13(7-10)19-14(18-12)17-8-9-1-4-11(5-2-9)22(16,20)21/h1-7H,8H2,(H2,16,20,21)(H2,17,18,19). The Hall–Kier alpha value is -2.09. The van der Waals surface area contributed by atoms with Gasteiger partial charge in [0, 0.05) is 11.6 Å². The molecular formula is C14H13ClN4O2S. The highest BCUT2D eigenvalue weighted by molar-refractivity contribution is 7.89. The number of rotatable bonds is 4. The second kappa shape index (κ2) is 5.60. The van der Waals surface area contributed by atoms with E-state index in [-0.39, 0.29) is 4.90 Å². The maximum atomic E-state index is 11.2. The topological polar surface area (TPSA) is 101 Å². The summed E-state index contributed by atoms with van der Waals surface area (Å²) in [5, 5.41) is 8.84. The average Bonchev–Trinajstić information content (AvgIpc) is 2.86. The van der Waals surface area contributed by atoms with Gasteiger partial charge in [-0.1, -0.05) is 23.7 Å². The van der Waals surface area contributed by atoms with E-state index in [1.165, 1.54) is 12.1 Å². The minimum Gasteiger partial charge on any atom is -0.352 e. The molecule has 0 saturated carbocycles. The first kappa shape index (κ1) is 14.8. The van der Waals surface area contributed by atoms with Crippen LogP contribution in [0.2, 0.25) is 5.02 Å². The highest BCUT2D eigenvalue weighted by Gasteiger charge is 2.07. The molecule has 0 fully saturated rings. The Morgan fingerprint density at radius 3 is 2.59 bits per heavy atom. The van der Waals surface area contributed by atoms with Gasteiger partial charge in [0.25, 0.3) is 0 Å². The summed E-state index contributed by atoms with van der Waals surface area (Å²) in [7, 11) is -3.66. The van der Waals surface area contributed by atoms with Crippen LogP contribution >= 0.6 is 11.6 Å². The van der Waals surface area contributed by atoms with E-state index in [1.54, 1.807) is 24.3 Å². The number of primary sulfonamides is 1. The van der Waals surface area contributed by atoms with E-state index >= 15 is 0 Å². The molecule has 1 heterocycles. The van der Waals surface area contributed by atoms with Crippen LogP contribution in [0.4, 0.5) is 5.95 Å². The number of aromatic nitrogens is 2. The number of halogens is 1. The molecule has 0 aliphatic carbocycles. The Morgan fingerprint density at radius 2 is 1.91 bits per heavy atom. The molecule has 22 heavy (non-hydrogen) atoms. The maximum Gasteiger partial charge on any atom is 0.238 e. The van der Waals surface area contributed by atoms with E-state index < -0.39 is 10.0 Å². The molecule has 0 aliphatic heterocycles. The number of benzene rings is 2. The summed E-state index contributed by atoms with van der Waals surface area (Å²) in [6.45, 7) is 0.498. The number of imidazole rings is 1. The average molecular weight is 337 g/mol. The minimum absolute atomic E-state index is 0.0922. The fourth-order valence-corrected chi connectivity index (χ4v) is 2.74. The van der Waals surface area contributed by atoms with Crippen LogP contribution in [0.25, 0.3) is 11.0 Å². The number of aromatic amines is 1. The largest absolute Gasteiger partial charge is 0.352 e. The van der Waals surface area contributed by atoms with Crippen molar-refractivity contribution in [3.63, 3.8) is 0 Å². The number of nitrogens with one attached hydrogen (secondary N) is 2. The third-order valence-corrected chi connectivity index (χ3v) is 4.32. The Morgan fingerprint density at radius 1 is 1.18 bits per heavy atom. The molecule has 0 saturated heterocycles. The molecule has 0 radical (unpaired) electrons. The Balaban J connectivity index is 1.73. The Labute approximate surface area is 132 Å². The van der Waals surface area contributed by atoms with Gasteiger partial charge in [-0.3, -0.25) is 0 Å². The first-order valence-electron chi connectivity index (χ1n) is 6.43. The van der Waals surface area contributed by atoms with Crippen molar-refractivity contribution in [2.24, 2.45) is 5.14 Å². The highest BCUT2D eigenvalue weighted by atomic mass is 35.5. The zero-order chi connectivity index (χ0) is 15.7. The number of H-pyrrole nitrogens is 1.